The fourth-order valence-electron chi connectivity index (χ4n) is 2.32. The Labute approximate surface area is 101 Å². The zero-order valence-electron chi connectivity index (χ0n) is 9.90. The van der Waals surface area contributed by atoms with Gasteiger partial charge in [0.15, 0.2) is 0 Å². The summed E-state index contributed by atoms with van der Waals surface area (Å²) in [6.07, 6.45) is 4.19. The molecule has 1 aliphatic rings. The summed E-state index contributed by atoms with van der Waals surface area (Å²) in [4.78, 5) is 12.4. The lowest BCUT2D eigenvalue weighted by molar-refractivity contribution is 0.612. The Morgan fingerprint density at radius 1 is 1.35 bits per heavy atom. The minimum atomic E-state index is 0.381. The van der Waals surface area contributed by atoms with Gasteiger partial charge in [0.25, 0.3) is 0 Å². The van der Waals surface area contributed by atoms with Gasteiger partial charge in [-0.15, -0.1) is 0 Å². The van der Waals surface area contributed by atoms with Gasteiger partial charge in [0.1, 0.15) is 11.5 Å². The lowest BCUT2D eigenvalue weighted by Crippen LogP contribution is -2.14. The summed E-state index contributed by atoms with van der Waals surface area (Å²) < 4.78 is 0. The highest BCUT2D eigenvalue weighted by atomic mass is 15.0. The van der Waals surface area contributed by atoms with E-state index >= 15 is 0 Å². The van der Waals surface area contributed by atoms with Crippen molar-refractivity contribution in [2.75, 3.05) is 6.54 Å². The highest BCUT2D eigenvalue weighted by Crippen LogP contribution is 2.25. The third-order valence-corrected chi connectivity index (χ3v) is 3.20. The maximum Gasteiger partial charge on any atom is 0.124 e. The van der Waals surface area contributed by atoms with Gasteiger partial charge in [0, 0.05) is 11.9 Å². The SMILES string of the molecule is Cc1[nH]c(C2CCCN2)nc1-c1ccccn1. The second-order valence-electron chi connectivity index (χ2n) is 4.46. The molecule has 0 spiro atoms. The van der Waals surface area contributed by atoms with Crippen LogP contribution in [0.2, 0.25) is 0 Å². The van der Waals surface area contributed by atoms with Crippen molar-refractivity contribution in [2.24, 2.45) is 0 Å². The number of rotatable bonds is 2. The molecule has 2 aromatic rings. The van der Waals surface area contributed by atoms with E-state index in [9.17, 15) is 0 Å². The number of aromatic nitrogens is 3. The second kappa shape index (κ2) is 4.30. The molecule has 1 atom stereocenters. The normalized spacial score (nSPS) is 19.7. The van der Waals surface area contributed by atoms with Gasteiger partial charge in [-0.25, -0.2) is 4.98 Å². The van der Waals surface area contributed by atoms with E-state index in [-0.39, 0.29) is 0 Å². The topological polar surface area (TPSA) is 53.6 Å². The van der Waals surface area contributed by atoms with Gasteiger partial charge >= 0.3 is 0 Å². The van der Waals surface area contributed by atoms with Crippen LogP contribution in [0.4, 0.5) is 0 Å². The van der Waals surface area contributed by atoms with Crippen LogP contribution in [0, 0.1) is 6.92 Å². The molecule has 17 heavy (non-hydrogen) atoms. The number of pyridine rings is 1. The van der Waals surface area contributed by atoms with Crippen LogP contribution in [0.15, 0.2) is 24.4 Å². The monoisotopic (exact) mass is 228 g/mol. The first kappa shape index (κ1) is 10.5. The standard InChI is InChI=1S/C13H16N4/c1-9-12(10-5-2-3-7-14-10)17-13(16-9)11-6-4-8-15-11/h2-3,5,7,11,15H,4,6,8H2,1H3,(H,16,17). The van der Waals surface area contributed by atoms with Crippen molar-refractivity contribution in [3.63, 3.8) is 0 Å². The van der Waals surface area contributed by atoms with Gasteiger partial charge in [0.05, 0.1) is 11.7 Å². The van der Waals surface area contributed by atoms with Crippen molar-refractivity contribution in [3.8, 4) is 11.4 Å². The largest absolute Gasteiger partial charge is 0.344 e. The molecule has 3 heterocycles. The summed E-state index contributed by atoms with van der Waals surface area (Å²) in [7, 11) is 0. The Morgan fingerprint density at radius 2 is 2.29 bits per heavy atom. The lowest BCUT2D eigenvalue weighted by Gasteiger charge is -2.04. The number of imidazole rings is 1. The molecule has 88 valence electrons. The number of hydrogen-bond acceptors (Lipinski definition) is 3. The zero-order valence-corrected chi connectivity index (χ0v) is 9.90. The van der Waals surface area contributed by atoms with Crippen molar-refractivity contribution < 1.29 is 0 Å². The molecule has 1 saturated heterocycles. The number of nitrogens with zero attached hydrogens (tertiary/aromatic N) is 2. The Hall–Kier alpha value is -1.68. The first-order valence-corrected chi connectivity index (χ1v) is 6.06. The molecule has 3 rings (SSSR count). The van der Waals surface area contributed by atoms with Crippen LogP contribution < -0.4 is 5.32 Å². The van der Waals surface area contributed by atoms with Gasteiger partial charge in [-0.1, -0.05) is 6.07 Å². The minimum Gasteiger partial charge on any atom is -0.344 e. The molecule has 1 fully saturated rings. The number of H-pyrrole nitrogens is 1. The molecule has 0 aliphatic carbocycles. The van der Waals surface area contributed by atoms with Gasteiger partial charge in [0.2, 0.25) is 0 Å². The molecule has 1 aliphatic heterocycles. The van der Waals surface area contributed by atoms with E-state index in [2.05, 4.69) is 27.2 Å². The van der Waals surface area contributed by atoms with Crippen LogP contribution in [-0.2, 0) is 0 Å². The summed E-state index contributed by atoms with van der Waals surface area (Å²) in [6.45, 7) is 3.14. The first-order valence-electron chi connectivity index (χ1n) is 6.06. The third-order valence-electron chi connectivity index (χ3n) is 3.20. The van der Waals surface area contributed by atoms with Gasteiger partial charge in [-0.2, -0.15) is 0 Å². The van der Waals surface area contributed by atoms with E-state index in [1.54, 1.807) is 6.20 Å². The van der Waals surface area contributed by atoms with Gasteiger partial charge in [-0.05, 0) is 38.4 Å². The van der Waals surface area contributed by atoms with Crippen molar-refractivity contribution in [3.05, 3.63) is 35.9 Å². The summed E-state index contributed by atoms with van der Waals surface area (Å²) >= 11 is 0. The van der Waals surface area contributed by atoms with E-state index in [1.807, 2.05) is 18.2 Å². The fourth-order valence-corrected chi connectivity index (χ4v) is 2.32. The molecule has 0 saturated carbocycles. The van der Waals surface area contributed by atoms with Gasteiger partial charge in [-0.3, -0.25) is 4.98 Å². The minimum absolute atomic E-state index is 0.381. The van der Waals surface area contributed by atoms with E-state index in [1.165, 1.54) is 6.42 Å². The van der Waals surface area contributed by atoms with E-state index in [0.717, 1.165) is 35.9 Å². The van der Waals surface area contributed by atoms with Gasteiger partial charge < -0.3 is 10.3 Å². The molecule has 4 heteroatoms. The zero-order chi connectivity index (χ0) is 11.7. The first-order chi connectivity index (χ1) is 8.34. The summed E-state index contributed by atoms with van der Waals surface area (Å²) in [5.41, 5.74) is 2.99. The Morgan fingerprint density at radius 3 is 3.00 bits per heavy atom. The van der Waals surface area contributed by atoms with Crippen LogP contribution in [0.25, 0.3) is 11.4 Å². The maximum atomic E-state index is 4.68. The number of aromatic amines is 1. The quantitative estimate of drug-likeness (QED) is 0.828. The smallest absolute Gasteiger partial charge is 0.124 e. The van der Waals surface area contributed by atoms with Crippen LogP contribution in [0.3, 0.4) is 0 Å². The predicted molar refractivity (Wildman–Crippen MR) is 66.5 cm³/mol. The fraction of sp³-hybridized carbons (Fsp3) is 0.385. The van der Waals surface area contributed by atoms with E-state index in [4.69, 9.17) is 0 Å². The highest BCUT2D eigenvalue weighted by Gasteiger charge is 2.21. The molecule has 4 nitrogen and oxygen atoms in total. The Bertz CT molecular complexity index is 497. The summed E-state index contributed by atoms with van der Waals surface area (Å²) in [5.74, 6) is 1.04. The van der Waals surface area contributed by atoms with Crippen LogP contribution in [0.5, 0.6) is 0 Å². The number of aryl methyl sites for hydroxylation is 1. The summed E-state index contributed by atoms with van der Waals surface area (Å²) in [6, 6.07) is 6.29. The molecule has 0 aromatic carbocycles. The molecule has 2 N–H and O–H groups in total. The van der Waals surface area contributed by atoms with Crippen molar-refractivity contribution in [1.82, 2.24) is 20.3 Å². The van der Waals surface area contributed by atoms with Crippen LogP contribution in [0.1, 0.15) is 30.4 Å². The number of nitrogens with one attached hydrogen (secondary N) is 2. The maximum absolute atomic E-state index is 4.68. The molecular weight excluding hydrogens is 212 g/mol. The van der Waals surface area contributed by atoms with E-state index < -0.39 is 0 Å². The average molecular weight is 228 g/mol. The van der Waals surface area contributed by atoms with Crippen LogP contribution in [-0.4, -0.2) is 21.5 Å². The third kappa shape index (κ3) is 1.96. The lowest BCUT2D eigenvalue weighted by atomic mass is 10.2. The van der Waals surface area contributed by atoms with Crippen LogP contribution >= 0.6 is 0 Å². The molecule has 1 unspecified atom stereocenters. The molecule has 0 amide bonds. The van der Waals surface area contributed by atoms with Crippen molar-refractivity contribution >= 4 is 0 Å². The van der Waals surface area contributed by atoms with Crippen molar-refractivity contribution in [1.29, 1.82) is 0 Å². The second-order valence-corrected chi connectivity index (χ2v) is 4.46. The molecule has 0 radical (unpaired) electrons. The summed E-state index contributed by atoms with van der Waals surface area (Å²) in [5, 5.41) is 3.45. The molecule has 2 aromatic heterocycles. The molecule has 0 bridgehead atoms. The Kier molecular flexibility index (Phi) is 2.65. The highest BCUT2D eigenvalue weighted by molar-refractivity contribution is 5.57. The van der Waals surface area contributed by atoms with Crippen molar-refractivity contribution in [2.45, 2.75) is 25.8 Å². The predicted octanol–water partition coefficient (Wildman–Crippen LogP) is 2.20. The number of hydrogen-bond donors (Lipinski definition) is 2. The average Bonchev–Trinajstić information content (AvgIpc) is 2.99. The Balaban J connectivity index is 1.96. The molecular formula is C13H16N4. The van der Waals surface area contributed by atoms with E-state index in [0.29, 0.717) is 6.04 Å².